The van der Waals surface area contributed by atoms with Gasteiger partial charge in [0.1, 0.15) is 59.0 Å². The van der Waals surface area contributed by atoms with Gasteiger partial charge in [0.15, 0.2) is 0 Å². The molecule has 13 N–H and O–H groups in total. The summed E-state index contributed by atoms with van der Waals surface area (Å²) in [5.74, 6) is -6.01. The molecule has 9 amide bonds. The van der Waals surface area contributed by atoms with E-state index >= 15 is 9.18 Å². The third-order valence-corrected chi connectivity index (χ3v) is 20.0. The lowest BCUT2D eigenvalue weighted by atomic mass is 9.69. The van der Waals surface area contributed by atoms with E-state index in [4.69, 9.17) is 5.73 Å². The highest BCUT2D eigenvalue weighted by atomic mass is 32.2. The van der Waals surface area contributed by atoms with Gasteiger partial charge in [0.05, 0.1) is 24.8 Å². The molecule has 24 nitrogen and oxygen atoms in total. The molecular formula is C67H78F3N15O9S2. The number of H-pyrrole nitrogens is 3. The first-order chi connectivity index (χ1) is 46.1. The van der Waals surface area contributed by atoms with Crippen LogP contribution in [0, 0.1) is 23.0 Å². The molecule has 29 heteroatoms. The minimum absolute atomic E-state index is 0.0712. The van der Waals surface area contributed by atoms with Gasteiger partial charge < -0.3 is 68.1 Å². The normalized spacial score (nSPS) is 25.6. The zero-order valence-electron chi connectivity index (χ0n) is 53.3. The Morgan fingerprint density at radius 2 is 1.28 bits per heavy atom. The first-order valence-corrected chi connectivity index (χ1v) is 34.1. The summed E-state index contributed by atoms with van der Waals surface area (Å²) >= 11 is 3.15. The van der Waals surface area contributed by atoms with Crippen LogP contribution in [0.1, 0.15) is 87.2 Å². The SMILES string of the molecule is CC1C=C(F)C2(C)C[C@@H]3NC(=O)[C@H](Cc4cnc[nH]4)NC(=O)CNC(=O)[C@H](Cc4c[nH]c5ccc(F)cc45)NC(=O)[C@H](Cc4c[nH]c5ccc(F)cc45)NC(=O)CNC(=O)[C@H](CCCCN)NC(=O)CCSCc4cccc(c4)CSCCN/C(=N\C=O)[C@]4(C)CC1=C2N4C3=O. The average molecular weight is 1360 g/mol. The van der Waals surface area contributed by atoms with E-state index < -0.39 is 125 Å². The van der Waals surface area contributed by atoms with E-state index in [-0.39, 0.29) is 50.8 Å². The fraction of sp³-hybridized carbons (Fsp3) is 0.418. The highest BCUT2D eigenvalue weighted by Gasteiger charge is 2.61. The molecule has 1 fully saturated rings. The molecule has 508 valence electrons. The van der Waals surface area contributed by atoms with Crippen LogP contribution in [0.2, 0.25) is 0 Å². The lowest BCUT2D eigenvalue weighted by Crippen LogP contribution is -2.66. The van der Waals surface area contributed by atoms with Crippen molar-refractivity contribution >= 4 is 105 Å². The number of carbonyl (C=O) groups is 9. The number of aromatic amines is 3. The van der Waals surface area contributed by atoms with E-state index in [1.165, 1.54) is 84.1 Å². The number of thioether (sulfide) groups is 2. The number of nitrogens with one attached hydrogen (secondary N) is 11. The van der Waals surface area contributed by atoms with Crippen LogP contribution in [-0.2, 0) is 73.9 Å². The summed E-state index contributed by atoms with van der Waals surface area (Å²) in [5, 5.41) is 22.8. The molecule has 8 atom stereocenters. The molecule has 2 unspecified atom stereocenters. The molecule has 3 aliphatic heterocycles. The van der Waals surface area contributed by atoms with Crippen LogP contribution in [0.3, 0.4) is 0 Å². The summed E-state index contributed by atoms with van der Waals surface area (Å²) in [5.41, 5.74) is 8.36. The second-order valence-electron chi connectivity index (χ2n) is 24.9. The number of aliphatic imine (C=N–C) groups is 1. The van der Waals surface area contributed by atoms with Crippen LogP contribution in [0.4, 0.5) is 13.2 Å². The topological polar surface area (TPSA) is 352 Å². The number of halogens is 3. The summed E-state index contributed by atoms with van der Waals surface area (Å²) < 4.78 is 46.4. The number of amides is 9. The quantitative estimate of drug-likeness (QED) is 0.0635. The zero-order chi connectivity index (χ0) is 68.3. The van der Waals surface area contributed by atoms with Gasteiger partial charge in [-0.05, 0) is 122 Å². The van der Waals surface area contributed by atoms with Crippen molar-refractivity contribution < 1.29 is 56.3 Å². The second-order valence-corrected chi connectivity index (χ2v) is 27.1. The summed E-state index contributed by atoms with van der Waals surface area (Å²) in [6.45, 7) is 4.40. The van der Waals surface area contributed by atoms with Crippen LogP contribution in [0.5, 0.6) is 0 Å². The average Bonchev–Trinajstić information content (AvgIpc) is 1.42. The number of hydrogen-bond donors (Lipinski definition) is 12. The van der Waals surface area contributed by atoms with Gasteiger partial charge in [-0.15, -0.1) is 0 Å². The molecule has 0 spiro atoms. The molecule has 6 heterocycles. The maximum atomic E-state index is 16.8. The number of nitrogens with zero attached hydrogens (tertiary/aromatic N) is 3. The molecule has 3 aromatic heterocycles. The van der Waals surface area contributed by atoms with Gasteiger partial charge >= 0.3 is 0 Å². The van der Waals surface area contributed by atoms with Crippen molar-refractivity contribution in [3.8, 4) is 0 Å². The Morgan fingerprint density at radius 1 is 0.688 bits per heavy atom. The van der Waals surface area contributed by atoms with Crippen molar-refractivity contribution in [1.29, 1.82) is 0 Å². The van der Waals surface area contributed by atoms with E-state index in [1.54, 1.807) is 25.6 Å². The molecule has 6 aromatic rings. The van der Waals surface area contributed by atoms with Crippen molar-refractivity contribution in [2.24, 2.45) is 22.1 Å². The number of allylic oxidation sites excluding steroid dienone is 2. The maximum Gasteiger partial charge on any atom is 0.250 e. The van der Waals surface area contributed by atoms with E-state index in [0.717, 1.165) is 16.7 Å². The van der Waals surface area contributed by atoms with Gasteiger partial charge in [0.25, 0.3) is 0 Å². The molecule has 0 saturated carbocycles. The molecule has 4 bridgehead atoms. The van der Waals surface area contributed by atoms with Crippen molar-refractivity contribution in [2.75, 3.05) is 37.7 Å². The lowest BCUT2D eigenvalue weighted by Gasteiger charge is -2.50. The van der Waals surface area contributed by atoms with Gasteiger partial charge in [-0.25, -0.2) is 23.1 Å². The van der Waals surface area contributed by atoms with Gasteiger partial charge in [-0.1, -0.05) is 31.2 Å². The first kappa shape index (κ1) is 69.6. The maximum absolute atomic E-state index is 16.8. The summed E-state index contributed by atoms with van der Waals surface area (Å²) in [6.07, 6.45) is 8.15. The van der Waals surface area contributed by atoms with Crippen molar-refractivity contribution in [3.63, 3.8) is 0 Å². The minimum Gasteiger partial charge on any atom is -0.371 e. The van der Waals surface area contributed by atoms with Crippen LogP contribution in [0.15, 0.2) is 114 Å². The smallest absolute Gasteiger partial charge is 0.250 e. The van der Waals surface area contributed by atoms with E-state index in [2.05, 4.69) is 73.5 Å². The highest BCUT2D eigenvalue weighted by Crippen LogP contribution is 2.58. The summed E-state index contributed by atoms with van der Waals surface area (Å²) in [7, 11) is 0. The predicted octanol–water partition coefficient (Wildman–Crippen LogP) is 4.34. The first-order valence-electron chi connectivity index (χ1n) is 31.8. The number of rotatable bonds is 11. The Labute approximate surface area is 559 Å². The molecule has 1 aliphatic carbocycles. The monoisotopic (exact) mass is 1360 g/mol. The van der Waals surface area contributed by atoms with E-state index in [9.17, 15) is 47.1 Å². The summed E-state index contributed by atoms with van der Waals surface area (Å²) in [4.78, 5) is 146. The number of hydrogen-bond acceptors (Lipinski definition) is 13. The van der Waals surface area contributed by atoms with E-state index in [0.29, 0.717) is 99.7 Å². The largest absolute Gasteiger partial charge is 0.371 e. The zero-order valence-corrected chi connectivity index (χ0v) is 54.9. The number of piperidine rings is 1. The fourth-order valence-corrected chi connectivity index (χ4v) is 14.7. The van der Waals surface area contributed by atoms with Crippen LogP contribution in [0.25, 0.3) is 21.8 Å². The van der Waals surface area contributed by atoms with Gasteiger partial charge in [0, 0.05) is 113 Å². The molecule has 0 radical (unpaired) electrons. The second kappa shape index (κ2) is 31.1. The fourth-order valence-electron chi connectivity index (χ4n) is 13.0. The molecule has 96 heavy (non-hydrogen) atoms. The molecule has 3 aromatic carbocycles. The van der Waals surface area contributed by atoms with E-state index in [1.807, 2.05) is 25.1 Å². The lowest BCUT2D eigenvalue weighted by molar-refractivity contribution is -0.142. The van der Waals surface area contributed by atoms with Crippen molar-refractivity contribution in [1.82, 2.24) is 67.4 Å². The van der Waals surface area contributed by atoms with Gasteiger partial charge in [0.2, 0.25) is 53.7 Å². The Hall–Kier alpha value is -9.22. The Morgan fingerprint density at radius 3 is 1.90 bits per heavy atom. The number of fused-ring (bicyclic) bond motifs is 5. The number of aromatic nitrogens is 4. The predicted molar refractivity (Wildman–Crippen MR) is 358 cm³/mol. The number of carbonyl (C=O) groups excluding carboxylic acids is 9. The van der Waals surface area contributed by atoms with Gasteiger partial charge in [-0.3, -0.25) is 43.2 Å². The number of benzene rings is 3. The standard InChI is InChI=1S/C67H78F3N15O9S2/c1-37-19-55(70)66(2)27-54-64(94)85-59(66)47(37)26-67(85,3)65(79-36-86)73-16-18-96-34-39-8-6-7-38(20-39)33-95-17-14-56(87)80-50(9-4-5-15-71)60(90)76-31-57(88)81-52(22-41-29-75-49-13-11-43(69)24-46(41)49)62(92)83-51(21-40-28-74-48-12-10-42(68)23-45(40)48)61(91)77-32-58(89)82-53(63(93)84-54)25-44-30-72-35-78-44/h6-8,10-13,19-20,23-24,28-30,35-37,50-54,74-75H,4-5,9,14-18,21-22,25-27,31-34,71H2,1-3H3,(H,72,78)(H,76,90)(H,77,91)(H,80,87)(H,81,88)(H,82,89)(H,83,92)(H,84,93)(H,73,79,86)/t37?,50-,51-,52-,53-,54-,66?,67-/m0/s1. The van der Waals surface area contributed by atoms with Crippen LogP contribution in [-0.4, -0.2) is 158 Å². The molecule has 1 saturated heterocycles. The molecular weight excluding hydrogens is 1280 g/mol. The molecule has 4 aliphatic rings. The molecule has 10 rings (SSSR count). The Kier molecular flexibility index (Phi) is 22.6. The number of unbranched alkanes of at least 4 members (excludes halogenated alkanes) is 1. The Bertz CT molecular complexity index is 4030. The van der Waals surface area contributed by atoms with Crippen molar-refractivity contribution in [2.45, 2.75) is 126 Å². The van der Waals surface area contributed by atoms with Crippen molar-refractivity contribution in [3.05, 3.63) is 148 Å². The highest BCUT2D eigenvalue weighted by molar-refractivity contribution is 7.98. The van der Waals surface area contributed by atoms with Crippen LogP contribution >= 0.6 is 23.5 Å². The number of imidazole rings is 1. The number of amidine groups is 1. The summed E-state index contributed by atoms with van der Waals surface area (Å²) in [6, 6.07) is 8.93. The minimum atomic E-state index is -1.57. The van der Waals surface area contributed by atoms with Gasteiger partial charge in [-0.2, -0.15) is 23.5 Å². The Balaban J connectivity index is 0.947. The van der Waals surface area contributed by atoms with Crippen LogP contribution < -0.4 is 48.3 Å². The number of nitrogens with two attached hydrogens (primary N) is 1. The third kappa shape index (κ3) is 16.3. The third-order valence-electron chi connectivity index (χ3n) is 17.9.